The first-order valence-electron chi connectivity index (χ1n) is 4.15. The molecule has 58 valence electrons. The zero-order valence-corrected chi connectivity index (χ0v) is 6.15. The van der Waals surface area contributed by atoms with Crippen molar-refractivity contribution in [3.05, 3.63) is 0 Å². The molecule has 0 saturated heterocycles. The second kappa shape index (κ2) is 1.94. The normalized spacial score (nSPS) is 43.8. The van der Waals surface area contributed by atoms with Gasteiger partial charge in [-0.25, -0.2) is 4.39 Å². The van der Waals surface area contributed by atoms with Gasteiger partial charge in [-0.3, -0.25) is 0 Å². The molecule has 2 saturated carbocycles. The minimum atomic E-state index is -0.590. The minimum absolute atomic E-state index is 0.0735. The summed E-state index contributed by atoms with van der Waals surface area (Å²) in [7, 11) is 0. The van der Waals surface area contributed by atoms with Crippen LogP contribution >= 0.6 is 0 Å². The van der Waals surface area contributed by atoms with Gasteiger partial charge in [0.25, 0.3) is 0 Å². The molecule has 2 N–H and O–H groups in total. The summed E-state index contributed by atoms with van der Waals surface area (Å²) in [6.45, 7) is 0. The lowest BCUT2D eigenvalue weighted by molar-refractivity contribution is 0.223. The molecule has 0 radical (unpaired) electrons. The van der Waals surface area contributed by atoms with Crippen LogP contribution in [0.15, 0.2) is 0 Å². The highest BCUT2D eigenvalue weighted by atomic mass is 19.1. The summed E-state index contributed by atoms with van der Waals surface area (Å²) in [5, 5.41) is 0. The van der Waals surface area contributed by atoms with Crippen molar-refractivity contribution in [1.29, 1.82) is 0 Å². The average molecular weight is 143 g/mol. The zero-order valence-electron chi connectivity index (χ0n) is 6.15. The molecule has 0 amide bonds. The van der Waals surface area contributed by atoms with Crippen LogP contribution in [0.25, 0.3) is 0 Å². The SMILES string of the molecule is NC1(C2CCCC2F)CC1. The van der Waals surface area contributed by atoms with Gasteiger partial charge in [-0.2, -0.15) is 0 Å². The number of rotatable bonds is 1. The van der Waals surface area contributed by atoms with E-state index in [1.165, 1.54) is 0 Å². The van der Waals surface area contributed by atoms with Gasteiger partial charge in [0.05, 0.1) is 0 Å². The van der Waals surface area contributed by atoms with E-state index in [0.29, 0.717) is 0 Å². The molecule has 2 aliphatic carbocycles. The van der Waals surface area contributed by atoms with Gasteiger partial charge in [-0.1, -0.05) is 6.42 Å². The van der Waals surface area contributed by atoms with Crippen molar-refractivity contribution < 1.29 is 4.39 Å². The highest BCUT2D eigenvalue weighted by Crippen LogP contribution is 2.48. The molecule has 2 fully saturated rings. The van der Waals surface area contributed by atoms with Crippen molar-refractivity contribution in [2.45, 2.75) is 43.8 Å². The Morgan fingerprint density at radius 3 is 2.40 bits per heavy atom. The van der Waals surface area contributed by atoms with Gasteiger partial charge in [0.2, 0.25) is 0 Å². The van der Waals surface area contributed by atoms with Crippen molar-refractivity contribution in [2.75, 3.05) is 0 Å². The molecule has 0 aliphatic heterocycles. The van der Waals surface area contributed by atoms with E-state index in [1.54, 1.807) is 0 Å². The third-order valence-corrected chi connectivity index (χ3v) is 3.00. The standard InChI is InChI=1S/C8H14FN/c9-7-3-1-2-6(7)8(10)4-5-8/h6-7H,1-5,10H2. The Hall–Kier alpha value is -0.110. The average Bonchev–Trinajstić information content (AvgIpc) is 2.44. The first-order valence-corrected chi connectivity index (χ1v) is 4.15. The topological polar surface area (TPSA) is 26.0 Å². The smallest absolute Gasteiger partial charge is 0.105 e. The monoisotopic (exact) mass is 143 g/mol. The third-order valence-electron chi connectivity index (χ3n) is 3.00. The summed E-state index contributed by atoms with van der Waals surface area (Å²) in [5.74, 6) is 0.201. The molecule has 2 aliphatic rings. The molecule has 0 heterocycles. The van der Waals surface area contributed by atoms with Gasteiger partial charge in [0.15, 0.2) is 0 Å². The third kappa shape index (κ3) is 0.858. The maximum Gasteiger partial charge on any atom is 0.105 e. The molecule has 0 aromatic heterocycles. The van der Waals surface area contributed by atoms with E-state index in [1.807, 2.05) is 0 Å². The number of nitrogens with two attached hydrogens (primary N) is 1. The summed E-state index contributed by atoms with van der Waals surface area (Å²) in [6, 6.07) is 0. The summed E-state index contributed by atoms with van der Waals surface area (Å²) < 4.78 is 13.0. The van der Waals surface area contributed by atoms with Crippen LogP contribution in [0, 0.1) is 5.92 Å². The van der Waals surface area contributed by atoms with E-state index in [4.69, 9.17) is 5.73 Å². The van der Waals surface area contributed by atoms with Gasteiger partial charge in [-0.05, 0) is 25.7 Å². The molecule has 2 atom stereocenters. The second-order valence-electron chi connectivity index (χ2n) is 3.79. The lowest BCUT2D eigenvalue weighted by Gasteiger charge is -2.19. The van der Waals surface area contributed by atoms with Crippen molar-refractivity contribution in [3.63, 3.8) is 0 Å². The summed E-state index contributed by atoms with van der Waals surface area (Å²) in [4.78, 5) is 0. The molecule has 0 bridgehead atoms. The molecule has 10 heavy (non-hydrogen) atoms. The highest BCUT2D eigenvalue weighted by molar-refractivity contribution is 5.07. The quantitative estimate of drug-likeness (QED) is 0.593. The van der Waals surface area contributed by atoms with Crippen LogP contribution in [0.2, 0.25) is 0 Å². The van der Waals surface area contributed by atoms with E-state index in [9.17, 15) is 4.39 Å². The lowest BCUT2D eigenvalue weighted by atomic mass is 9.95. The zero-order chi connectivity index (χ0) is 7.19. The summed E-state index contributed by atoms with van der Waals surface area (Å²) in [5.41, 5.74) is 5.83. The Balaban J connectivity index is 2.03. The fourth-order valence-electron chi connectivity index (χ4n) is 2.08. The molecule has 0 spiro atoms. The predicted molar refractivity (Wildman–Crippen MR) is 38.4 cm³/mol. The van der Waals surface area contributed by atoms with Gasteiger partial charge in [0, 0.05) is 11.5 Å². The maximum absolute atomic E-state index is 13.0. The molecular formula is C8H14FN. The first kappa shape index (κ1) is 6.59. The molecule has 2 heteroatoms. The summed E-state index contributed by atoms with van der Waals surface area (Å²) >= 11 is 0. The fraction of sp³-hybridized carbons (Fsp3) is 1.00. The van der Waals surface area contributed by atoms with Crippen LogP contribution in [0.4, 0.5) is 4.39 Å². The van der Waals surface area contributed by atoms with Crippen molar-refractivity contribution in [3.8, 4) is 0 Å². The van der Waals surface area contributed by atoms with E-state index in [0.717, 1.165) is 32.1 Å². The van der Waals surface area contributed by atoms with Crippen LogP contribution < -0.4 is 5.73 Å². The number of alkyl halides is 1. The Kier molecular flexibility index (Phi) is 1.28. The molecule has 0 aromatic carbocycles. The fourth-order valence-corrected chi connectivity index (χ4v) is 2.08. The van der Waals surface area contributed by atoms with E-state index >= 15 is 0 Å². The Morgan fingerprint density at radius 2 is 2.00 bits per heavy atom. The van der Waals surface area contributed by atoms with Crippen LogP contribution in [0.1, 0.15) is 32.1 Å². The molecule has 2 rings (SSSR count). The molecule has 0 aromatic rings. The van der Waals surface area contributed by atoms with Crippen LogP contribution in [-0.2, 0) is 0 Å². The van der Waals surface area contributed by atoms with Gasteiger partial charge < -0.3 is 5.73 Å². The first-order chi connectivity index (χ1) is 4.72. The number of hydrogen-bond acceptors (Lipinski definition) is 1. The Bertz CT molecular complexity index is 142. The largest absolute Gasteiger partial charge is 0.325 e. The van der Waals surface area contributed by atoms with E-state index in [2.05, 4.69) is 0 Å². The highest BCUT2D eigenvalue weighted by Gasteiger charge is 2.50. The number of halogens is 1. The van der Waals surface area contributed by atoms with Crippen molar-refractivity contribution in [1.82, 2.24) is 0 Å². The van der Waals surface area contributed by atoms with Gasteiger partial charge in [0.1, 0.15) is 6.17 Å². The second-order valence-corrected chi connectivity index (χ2v) is 3.79. The van der Waals surface area contributed by atoms with E-state index < -0.39 is 6.17 Å². The molecule has 2 unspecified atom stereocenters. The van der Waals surface area contributed by atoms with Crippen LogP contribution in [0.3, 0.4) is 0 Å². The van der Waals surface area contributed by atoms with Gasteiger partial charge in [-0.15, -0.1) is 0 Å². The van der Waals surface area contributed by atoms with Crippen molar-refractivity contribution >= 4 is 0 Å². The van der Waals surface area contributed by atoms with E-state index in [-0.39, 0.29) is 11.5 Å². The molecular weight excluding hydrogens is 129 g/mol. The lowest BCUT2D eigenvalue weighted by Crippen LogP contribution is -2.35. The van der Waals surface area contributed by atoms with Crippen LogP contribution in [-0.4, -0.2) is 11.7 Å². The number of hydrogen-bond donors (Lipinski definition) is 1. The van der Waals surface area contributed by atoms with Crippen molar-refractivity contribution in [2.24, 2.45) is 11.7 Å². The van der Waals surface area contributed by atoms with Gasteiger partial charge >= 0.3 is 0 Å². The Morgan fingerprint density at radius 1 is 1.30 bits per heavy atom. The Labute approximate surface area is 60.8 Å². The molecule has 1 nitrogen and oxygen atoms in total. The minimum Gasteiger partial charge on any atom is -0.325 e. The maximum atomic E-state index is 13.0. The summed E-state index contributed by atoms with van der Waals surface area (Å²) in [6.07, 6.45) is 4.34. The predicted octanol–water partition coefficient (Wildman–Crippen LogP) is 1.62. The van der Waals surface area contributed by atoms with Crippen LogP contribution in [0.5, 0.6) is 0 Å².